The van der Waals surface area contributed by atoms with Crippen molar-refractivity contribution in [2.45, 2.75) is 45.6 Å². The van der Waals surface area contributed by atoms with E-state index in [2.05, 4.69) is 36.2 Å². The highest BCUT2D eigenvalue weighted by molar-refractivity contribution is 5.94. The zero-order valence-corrected chi connectivity index (χ0v) is 13.8. The average Bonchev–Trinajstić information content (AvgIpc) is 2.99. The highest BCUT2D eigenvalue weighted by Gasteiger charge is 2.15. The topological polar surface area (TPSA) is 58.4 Å². The summed E-state index contributed by atoms with van der Waals surface area (Å²) >= 11 is 0. The number of carbonyl (C=O) groups excluding carboxylic acids is 1. The molecule has 1 atom stereocenters. The first-order valence-corrected chi connectivity index (χ1v) is 8.42. The maximum atomic E-state index is 12.0. The fraction of sp³-hybridized carbons (Fsp3) is 0.611. The van der Waals surface area contributed by atoms with Gasteiger partial charge in [0.2, 0.25) is 5.91 Å². The van der Waals surface area contributed by atoms with Gasteiger partial charge >= 0.3 is 0 Å². The normalized spacial score (nSPS) is 16.9. The predicted octanol–water partition coefficient (Wildman–Crippen LogP) is 2.64. The first-order chi connectivity index (χ1) is 10.5. The molecule has 0 aliphatic carbocycles. The Bertz CT molecular complexity index is 464. The van der Waals surface area contributed by atoms with Crippen LogP contribution in [0.1, 0.15) is 38.7 Å². The molecule has 0 unspecified atom stereocenters. The van der Waals surface area contributed by atoms with Crippen molar-refractivity contribution in [3.8, 4) is 0 Å². The summed E-state index contributed by atoms with van der Waals surface area (Å²) in [5, 5.41) is 2.90. The molecule has 122 valence electrons. The number of hydrogen-bond donors (Lipinski definition) is 2. The summed E-state index contributed by atoms with van der Waals surface area (Å²) in [6, 6.07) is 7.70. The van der Waals surface area contributed by atoms with Gasteiger partial charge in [-0.1, -0.05) is 26.0 Å². The standard InChI is InChI=1S/C18H29N3O/c1-14(2)13-17(19)18(22)20-16-7-5-15(6-8-16)9-12-21-10-3-4-11-21/h5-8,14,17H,3-4,9-13,19H2,1-2H3,(H,20,22)/t17-/m0/s1. The number of nitrogens with one attached hydrogen (secondary N) is 1. The lowest BCUT2D eigenvalue weighted by Gasteiger charge is -2.15. The maximum absolute atomic E-state index is 12.0. The number of nitrogens with two attached hydrogens (primary N) is 1. The Balaban J connectivity index is 1.79. The van der Waals surface area contributed by atoms with E-state index in [-0.39, 0.29) is 5.91 Å². The van der Waals surface area contributed by atoms with Gasteiger partial charge in [0.1, 0.15) is 0 Å². The first kappa shape index (κ1) is 17.0. The Morgan fingerprint density at radius 3 is 2.45 bits per heavy atom. The van der Waals surface area contributed by atoms with E-state index in [1.54, 1.807) is 0 Å². The van der Waals surface area contributed by atoms with Gasteiger partial charge < -0.3 is 16.0 Å². The summed E-state index contributed by atoms with van der Waals surface area (Å²) in [5.41, 5.74) is 8.04. The summed E-state index contributed by atoms with van der Waals surface area (Å²) < 4.78 is 0. The summed E-state index contributed by atoms with van der Waals surface area (Å²) in [6.45, 7) is 7.75. The van der Waals surface area contributed by atoms with E-state index in [1.807, 2.05) is 12.1 Å². The summed E-state index contributed by atoms with van der Waals surface area (Å²) in [7, 11) is 0. The van der Waals surface area contributed by atoms with Crippen LogP contribution in [-0.4, -0.2) is 36.5 Å². The molecular weight excluding hydrogens is 274 g/mol. The molecule has 0 radical (unpaired) electrons. The number of carbonyl (C=O) groups is 1. The summed E-state index contributed by atoms with van der Waals surface area (Å²) in [5.74, 6) is 0.326. The van der Waals surface area contributed by atoms with Crippen molar-refractivity contribution in [2.24, 2.45) is 11.7 Å². The van der Waals surface area contributed by atoms with Crippen LogP contribution >= 0.6 is 0 Å². The molecule has 4 nitrogen and oxygen atoms in total. The van der Waals surface area contributed by atoms with Crippen LogP contribution in [0.5, 0.6) is 0 Å². The molecule has 1 aromatic carbocycles. The third-order valence-electron chi connectivity index (χ3n) is 4.20. The second-order valence-corrected chi connectivity index (χ2v) is 6.72. The maximum Gasteiger partial charge on any atom is 0.241 e. The largest absolute Gasteiger partial charge is 0.325 e. The molecular formula is C18H29N3O. The van der Waals surface area contributed by atoms with E-state index in [4.69, 9.17) is 5.73 Å². The minimum absolute atomic E-state index is 0.0986. The van der Waals surface area contributed by atoms with Crippen molar-refractivity contribution in [1.82, 2.24) is 4.90 Å². The second kappa shape index (κ2) is 8.30. The van der Waals surface area contributed by atoms with Crippen molar-refractivity contribution < 1.29 is 4.79 Å². The Morgan fingerprint density at radius 1 is 1.23 bits per heavy atom. The third-order valence-corrected chi connectivity index (χ3v) is 4.20. The molecule has 1 saturated heterocycles. The van der Waals surface area contributed by atoms with Gasteiger partial charge in [-0.2, -0.15) is 0 Å². The lowest BCUT2D eigenvalue weighted by molar-refractivity contribution is -0.117. The van der Waals surface area contributed by atoms with Crippen LogP contribution in [-0.2, 0) is 11.2 Å². The highest BCUT2D eigenvalue weighted by Crippen LogP contribution is 2.13. The van der Waals surface area contributed by atoms with Gasteiger partial charge in [0.05, 0.1) is 6.04 Å². The molecule has 1 aliphatic rings. The van der Waals surface area contributed by atoms with E-state index in [9.17, 15) is 4.79 Å². The number of anilines is 1. The zero-order chi connectivity index (χ0) is 15.9. The first-order valence-electron chi connectivity index (χ1n) is 8.42. The molecule has 22 heavy (non-hydrogen) atoms. The van der Waals surface area contributed by atoms with Gasteiger partial charge in [-0.3, -0.25) is 4.79 Å². The molecule has 4 heteroatoms. The molecule has 0 aromatic heterocycles. The van der Waals surface area contributed by atoms with E-state index in [0.717, 1.165) is 18.7 Å². The number of amides is 1. The van der Waals surface area contributed by atoms with Gasteiger partial charge in [-0.15, -0.1) is 0 Å². The Labute approximate surface area is 134 Å². The zero-order valence-electron chi connectivity index (χ0n) is 13.8. The van der Waals surface area contributed by atoms with Gasteiger partial charge in [0.15, 0.2) is 0 Å². The van der Waals surface area contributed by atoms with Crippen molar-refractivity contribution in [3.63, 3.8) is 0 Å². The Kier molecular flexibility index (Phi) is 6.40. The summed E-state index contributed by atoms with van der Waals surface area (Å²) in [6.07, 6.45) is 4.45. The van der Waals surface area contributed by atoms with Gasteiger partial charge in [-0.05, 0) is 62.4 Å². The Morgan fingerprint density at radius 2 is 1.86 bits per heavy atom. The van der Waals surface area contributed by atoms with E-state index in [0.29, 0.717) is 12.3 Å². The fourth-order valence-electron chi connectivity index (χ4n) is 2.90. The average molecular weight is 303 g/mol. The number of nitrogens with zero attached hydrogens (tertiary/aromatic N) is 1. The molecule has 1 amide bonds. The Hall–Kier alpha value is -1.39. The molecule has 1 aromatic rings. The lowest BCUT2D eigenvalue weighted by atomic mass is 10.0. The molecule has 1 fully saturated rings. The SMILES string of the molecule is CC(C)C[C@H](N)C(=O)Nc1ccc(CCN2CCCC2)cc1. The van der Waals surface area contributed by atoms with Gasteiger partial charge in [-0.25, -0.2) is 0 Å². The number of rotatable bonds is 7. The van der Waals surface area contributed by atoms with Crippen molar-refractivity contribution in [2.75, 3.05) is 25.0 Å². The molecule has 0 spiro atoms. The molecule has 1 heterocycles. The third kappa shape index (κ3) is 5.43. The van der Waals surface area contributed by atoms with Crippen LogP contribution in [0.15, 0.2) is 24.3 Å². The smallest absolute Gasteiger partial charge is 0.241 e. The molecule has 1 aliphatic heterocycles. The van der Waals surface area contributed by atoms with E-state index >= 15 is 0 Å². The quantitative estimate of drug-likeness (QED) is 0.814. The minimum Gasteiger partial charge on any atom is -0.325 e. The van der Waals surface area contributed by atoms with Gasteiger partial charge in [0.25, 0.3) is 0 Å². The molecule has 0 bridgehead atoms. The van der Waals surface area contributed by atoms with Gasteiger partial charge in [0, 0.05) is 12.2 Å². The van der Waals surface area contributed by atoms with Crippen LogP contribution in [0.2, 0.25) is 0 Å². The van der Waals surface area contributed by atoms with Crippen molar-refractivity contribution >= 4 is 11.6 Å². The number of hydrogen-bond acceptors (Lipinski definition) is 3. The van der Waals surface area contributed by atoms with Crippen LogP contribution in [0.3, 0.4) is 0 Å². The van der Waals surface area contributed by atoms with Crippen molar-refractivity contribution in [3.05, 3.63) is 29.8 Å². The van der Waals surface area contributed by atoms with Crippen molar-refractivity contribution in [1.29, 1.82) is 0 Å². The number of benzene rings is 1. The van der Waals surface area contributed by atoms with Crippen LogP contribution in [0.25, 0.3) is 0 Å². The highest BCUT2D eigenvalue weighted by atomic mass is 16.2. The fourth-order valence-corrected chi connectivity index (χ4v) is 2.90. The van der Waals surface area contributed by atoms with Crippen LogP contribution in [0, 0.1) is 5.92 Å². The van der Waals surface area contributed by atoms with E-state index in [1.165, 1.54) is 31.5 Å². The molecule has 2 rings (SSSR count). The minimum atomic E-state index is -0.435. The van der Waals surface area contributed by atoms with Crippen LogP contribution < -0.4 is 11.1 Å². The summed E-state index contributed by atoms with van der Waals surface area (Å²) in [4.78, 5) is 14.5. The predicted molar refractivity (Wildman–Crippen MR) is 91.9 cm³/mol. The molecule has 0 saturated carbocycles. The second-order valence-electron chi connectivity index (χ2n) is 6.72. The van der Waals surface area contributed by atoms with E-state index < -0.39 is 6.04 Å². The molecule has 3 N–H and O–H groups in total. The van der Waals surface area contributed by atoms with Crippen LogP contribution in [0.4, 0.5) is 5.69 Å². The number of likely N-dealkylation sites (tertiary alicyclic amines) is 1. The lowest BCUT2D eigenvalue weighted by Crippen LogP contribution is -2.36. The monoisotopic (exact) mass is 303 g/mol.